The lowest BCUT2D eigenvalue weighted by Crippen LogP contribution is -2.26. The number of nitrogens with one attached hydrogen (secondary N) is 1. The molecule has 0 spiro atoms. The zero-order valence-corrected chi connectivity index (χ0v) is 17.1. The molecule has 0 aromatic heterocycles. The first-order valence-electron chi connectivity index (χ1n) is 9.46. The average molecular weight is 369 g/mol. The molecule has 0 aliphatic heterocycles. The van der Waals surface area contributed by atoms with E-state index < -0.39 is 0 Å². The molecule has 27 heavy (non-hydrogen) atoms. The van der Waals surface area contributed by atoms with E-state index in [1.54, 1.807) is 0 Å². The molecular formula is C22H32N4O. The summed E-state index contributed by atoms with van der Waals surface area (Å²) in [5.74, 6) is 1.24. The number of aliphatic imine (C=N–C) groups is 1. The fourth-order valence-electron chi connectivity index (χ4n) is 2.56. The summed E-state index contributed by atoms with van der Waals surface area (Å²) < 4.78 is 5.65. The molecule has 0 fully saturated rings. The van der Waals surface area contributed by atoms with Gasteiger partial charge in [0.2, 0.25) is 0 Å². The lowest BCUT2D eigenvalue weighted by Gasteiger charge is -2.22. The monoisotopic (exact) mass is 368 g/mol. The molecule has 0 bridgehead atoms. The fraction of sp³-hybridized carbons (Fsp3) is 0.409. The molecule has 2 rings (SSSR count). The standard InChI is InChI=1S/C22H32N4O/c1-16(2)26(5)15-19-9-7-6-8-18(19)14-24-22(23)25-20-10-12-21(13-11-20)27-17(3)4/h6-13,16-17H,14-15H2,1-5H3,(H3,23,24,25). The molecule has 5 heteroatoms. The molecule has 0 heterocycles. The largest absolute Gasteiger partial charge is 0.491 e. The Kier molecular flexibility index (Phi) is 7.67. The van der Waals surface area contributed by atoms with E-state index in [-0.39, 0.29) is 6.10 Å². The number of nitrogens with zero attached hydrogens (tertiary/aromatic N) is 2. The minimum atomic E-state index is 0.158. The van der Waals surface area contributed by atoms with Crippen molar-refractivity contribution in [2.75, 3.05) is 12.4 Å². The van der Waals surface area contributed by atoms with Gasteiger partial charge in [0, 0.05) is 18.3 Å². The Morgan fingerprint density at radius 2 is 1.67 bits per heavy atom. The van der Waals surface area contributed by atoms with Crippen molar-refractivity contribution in [3.8, 4) is 5.75 Å². The first-order valence-corrected chi connectivity index (χ1v) is 9.46. The third-order valence-electron chi connectivity index (χ3n) is 4.34. The topological polar surface area (TPSA) is 62.9 Å². The van der Waals surface area contributed by atoms with Crippen molar-refractivity contribution in [1.82, 2.24) is 4.90 Å². The van der Waals surface area contributed by atoms with Gasteiger partial charge in [0.25, 0.3) is 0 Å². The second-order valence-corrected chi connectivity index (χ2v) is 7.30. The van der Waals surface area contributed by atoms with Gasteiger partial charge in [0.05, 0.1) is 12.6 Å². The summed E-state index contributed by atoms with van der Waals surface area (Å²) in [7, 11) is 2.13. The van der Waals surface area contributed by atoms with E-state index in [0.29, 0.717) is 18.5 Å². The molecule has 0 aliphatic rings. The molecule has 5 nitrogen and oxygen atoms in total. The molecule has 0 aliphatic carbocycles. The summed E-state index contributed by atoms with van der Waals surface area (Å²) >= 11 is 0. The molecule has 146 valence electrons. The van der Waals surface area contributed by atoms with Crippen molar-refractivity contribution in [2.45, 2.75) is 52.9 Å². The maximum Gasteiger partial charge on any atom is 0.193 e. The Hall–Kier alpha value is -2.53. The van der Waals surface area contributed by atoms with Gasteiger partial charge in [-0.15, -0.1) is 0 Å². The highest BCUT2D eigenvalue weighted by Gasteiger charge is 2.08. The number of ether oxygens (including phenoxy) is 1. The maximum absolute atomic E-state index is 6.07. The molecule has 2 aromatic carbocycles. The van der Waals surface area contributed by atoms with E-state index in [4.69, 9.17) is 10.5 Å². The molecule has 3 N–H and O–H groups in total. The van der Waals surface area contributed by atoms with E-state index in [2.05, 4.69) is 54.3 Å². The zero-order valence-electron chi connectivity index (χ0n) is 17.1. The lowest BCUT2D eigenvalue weighted by atomic mass is 10.1. The van der Waals surface area contributed by atoms with Gasteiger partial charge in [-0.3, -0.25) is 4.90 Å². The van der Waals surface area contributed by atoms with E-state index in [1.165, 1.54) is 11.1 Å². The minimum absolute atomic E-state index is 0.158. The van der Waals surface area contributed by atoms with Gasteiger partial charge in [0.15, 0.2) is 5.96 Å². The van der Waals surface area contributed by atoms with Crippen LogP contribution in [0.15, 0.2) is 53.5 Å². The predicted octanol–water partition coefficient (Wildman–Crippen LogP) is 4.24. The van der Waals surface area contributed by atoms with Crippen LogP contribution in [0.3, 0.4) is 0 Å². The number of hydrogen-bond donors (Lipinski definition) is 2. The Labute approximate surface area is 163 Å². The van der Waals surface area contributed by atoms with Gasteiger partial charge in [-0.1, -0.05) is 24.3 Å². The van der Waals surface area contributed by atoms with Gasteiger partial charge in [-0.05, 0) is 70.1 Å². The van der Waals surface area contributed by atoms with Crippen molar-refractivity contribution in [3.05, 3.63) is 59.7 Å². The summed E-state index contributed by atoms with van der Waals surface area (Å²) in [5, 5.41) is 3.13. The van der Waals surface area contributed by atoms with Gasteiger partial charge >= 0.3 is 0 Å². The summed E-state index contributed by atoms with van der Waals surface area (Å²) in [5.41, 5.74) is 9.43. The van der Waals surface area contributed by atoms with Crippen LogP contribution in [0.5, 0.6) is 5.75 Å². The van der Waals surface area contributed by atoms with Crippen molar-refractivity contribution >= 4 is 11.6 Å². The highest BCUT2D eigenvalue weighted by molar-refractivity contribution is 5.92. The third-order valence-corrected chi connectivity index (χ3v) is 4.34. The van der Waals surface area contributed by atoms with Crippen LogP contribution in [0.2, 0.25) is 0 Å². The van der Waals surface area contributed by atoms with E-state index in [9.17, 15) is 0 Å². The molecule has 2 aromatic rings. The Morgan fingerprint density at radius 3 is 2.26 bits per heavy atom. The summed E-state index contributed by atoms with van der Waals surface area (Å²) in [6.07, 6.45) is 0.158. The van der Waals surface area contributed by atoms with Crippen LogP contribution in [0.1, 0.15) is 38.8 Å². The number of hydrogen-bond acceptors (Lipinski definition) is 3. The average Bonchev–Trinajstić information content (AvgIpc) is 2.62. The lowest BCUT2D eigenvalue weighted by molar-refractivity contribution is 0.242. The van der Waals surface area contributed by atoms with Crippen LogP contribution in [0, 0.1) is 0 Å². The van der Waals surface area contributed by atoms with E-state index in [1.807, 2.05) is 44.2 Å². The Morgan fingerprint density at radius 1 is 1.04 bits per heavy atom. The maximum atomic E-state index is 6.07. The SMILES string of the molecule is CC(C)Oc1ccc(NC(N)=NCc2ccccc2CN(C)C(C)C)cc1. The minimum Gasteiger partial charge on any atom is -0.491 e. The van der Waals surface area contributed by atoms with Crippen LogP contribution in [0.4, 0.5) is 5.69 Å². The molecule has 0 unspecified atom stereocenters. The van der Waals surface area contributed by atoms with Crippen LogP contribution < -0.4 is 15.8 Å². The van der Waals surface area contributed by atoms with E-state index >= 15 is 0 Å². The molecule has 0 saturated heterocycles. The second kappa shape index (κ2) is 9.97. The number of benzene rings is 2. The Balaban J connectivity index is 1.99. The van der Waals surface area contributed by atoms with Gasteiger partial charge in [-0.2, -0.15) is 0 Å². The molecule has 0 atom stereocenters. The molecule has 0 radical (unpaired) electrons. The third kappa shape index (κ3) is 6.94. The molecular weight excluding hydrogens is 336 g/mol. The van der Waals surface area contributed by atoms with E-state index in [0.717, 1.165) is 18.0 Å². The van der Waals surface area contributed by atoms with Crippen LogP contribution >= 0.6 is 0 Å². The molecule has 0 saturated carbocycles. The highest BCUT2D eigenvalue weighted by atomic mass is 16.5. The highest BCUT2D eigenvalue weighted by Crippen LogP contribution is 2.17. The van der Waals surface area contributed by atoms with Crippen molar-refractivity contribution in [1.29, 1.82) is 0 Å². The fourth-order valence-corrected chi connectivity index (χ4v) is 2.56. The first kappa shape index (κ1) is 20.8. The van der Waals surface area contributed by atoms with Crippen molar-refractivity contribution in [2.24, 2.45) is 10.7 Å². The second-order valence-electron chi connectivity index (χ2n) is 7.30. The van der Waals surface area contributed by atoms with Gasteiger partial charge in [0.1, 0.15) is 5.75 Å². The smallest absolute Gasteiger partial charge is 0.193 e. The van der Waals surface area contributed by atoms with Crippen LogP contribution in [-0.2, 0) is 13.1 Å². The molecule has 0 amide bonds. The first-order chi connectivity index (χ1) is 12.8. The number of nitrogens with two attached hydrogens (primary N) is 1. The number of anilines is 1. The summed E-state index contributed by atoms with van der Waals surface area (Å²) in [6, 6.07) is 16.6. The van der Waals surface area contributed by atoms with Crippen LogP contribution in [-0.4, -0.2) is 30.1 Å². The van der Waals surface area contributed by atoms with Crippen molar-refractivity contribution in [3.63, 3.8) is 0 Å². The summed E-state index contributed by atoms with van der Waals surface area (Å²) in [4.78, 5) is 6.82. The van der Waals surface area contributed by atoms with Crippen molar-refractivity contribution < 1.29 is 4.74 Å². The summed E-state index contributed by atoms with van der Waals surface area (Å²) in [6.45, 7) is 9.85. The van der Waals surface area contributed by atoms with Crippen LogP contribution in [0.25, 0.3) is 0 Å². The predicted molar refractivity (Wildman–Crippen MR) is 114 cm³/mol. The zero-order chi connectivity index (χ0) is 19.8. The van der Waals surface area contributed by atoms with Gasteiger partial charge in [-0.25, -0.2) is 4.99 Å². The number of guanidine groups is 1. The quantitative estimate of drug-likeness (QED) is 0.540. The number of rotatable bonds is 8. The Bertz CT molecular complexity index is 738. The normalized spacial score (nSPS) is 12.1. The van der Waals surface area contributed by atoms with Gasteiger partial charge < -0.3 is 15.8 Å².